The first-order chi connectivity index (χ1) is 10.9. The Hall–Kier alpha value is 1.14. The number of ketones is 1. The van der Waals surface area contributed by atoms with Crippen LogP contribution in [0, 0.1) is 0 Å². The third kappa shape index (κ3) is 17.9. The van der Waals surface area contributed by atoms with Gasteiger partial charge in [-0.25, -0.2) is 8.42 Å². The Morgan fingerprint density at radius 1 is 0.958 bits per heavy atom. The molecular weight excluding hydrogens is 359 g/mol. The average Bonchev–Trinajstić information content (AvgIpc) is 2.49. The van der Waals surface area contributed by atoms with E-state index in [2.05, 4.69) is 11.1 Å². The minimum atomic E-state index is -4.97. The van der Waals surface area contributed by atoms with Crippen molar-refractivity contribution in [2.45, 2.75) is 90.1 Å². The van der Waals surface area contributed by atoms with E-state index < -0.39 is 28.9 Å². The normalized spacial score (nSPS) is 12.6. The van der Waals surface area contributed by atoms with Crippen molar-refractivity contribution in [2.75, 3.05) is 6.61 Å². The molecule has 0 amide bonds. The number of Topliss-reactive ketones (excluding diaryl/α,β-unsaturated/α-hetero) is 1. The van der Waals surface area contributed by atoms with Crippen molar-refractivity contribution >= 4 is 16.2 Å². The van der Waals surface area contributed by atoms with Gasteiger partial charge in [-0.05, 0) is 6.42 Å². The first kappa shape index (κ1) is 27.4. The second-order valence-electron chi connectivity index (χ2n) is 5.93. The van der Waals surface area contributed by atoms with E-state index in [9.17, 15) is 17.8 Å². The van der Waals surface area contributed by atoms with Gasteiger partial charge >= 0.3 is 51.4 Å². The Kier molecular flexibility index (Phi) is 20.0. The molecule has 0 saturated carbocycles. The number of carbonyl (C=O) groups is 1. The molecule has 8 heteroatoms. The Bertz CT molecular complexity index is 399. The molecule has 1 atom stereocenters. The minimum Gasteiger partial charge on any atom is -0.726 e. The van der Waals surface area contributed by atoms with Gasteiger partial charge in [0.15, 0.2) is 11.9 Å². The van der Waals surface area contributed by atoms with Gasteiger partial charge in [0.1, 0.15) is 0 Å². The zero-order chi connectivity index (χ0) is 17.6. The van der Waals surface area contributed by atoms with Crippen LogP contribution >= 0.6 is 0 Å². The molecule has 0 aliphatic heterocycles. The Labute approximate surface area is 189 Å². The molecule has 24 heavy (non-hydrogen) atoms. The fourth-order valence-corrected chi connectivity index (χ4v) is 2.91. The second-order valence-corrected chi connectivity index (χ2v) is 6.94. The maximum atomic E-state index is 11.6. The predicted octanol–water partition coefficient (Wildman–Crippen LogP) is 0.0983. The summed E-state index contributed by atoms with van der Waals surface area (Å²) in [6.07, 6.45) is 11.2. The van der Waals surface area contributed by atoms with E-state index in [4.69, 9.17) is 5.11 Å². The fraction of sp³-hybridized carbons (Fsp3) is 0.938. The molecule has 0 aliphatic rings. The Balaban J connectivity index is 0. The van der Waals surface area contributed by atoms with Crippen LogP contribution in [0.25, 0.3) is 0 Å². The quantitative estimate of drug-likeness (QED) is 0.173. The molecule has 0 aromatic carbocycles. The summed E-state index contributed by atoms with van der Waals surface area (Å²) in [6.45, 7) is 1.41. The van der Waals surface area contributed by atoms with Gasteiger partial charge in [0, 0.05) is 6.42 Å². The monoisotopic (exact) mass is 390 g/mol. The molecule has 0 spiro atoms. The van der Waals surface area contributed by atoms with Gasteiger partial charge in [-0.3, -0.25) is 8.98 Å². The van der Waals surface area contributed by atoms with Crippen LogP contribution in [0.3, 0.4) is 0 Å². The van der Waals surface area contributed by atoms with Crippen LogP contribution in [0.5, 0.6) is 0 Å². The van der Waals surface area contributed by atoms with Gasteiger partial charge in [-0.15, -0.1) is 0 Å². The van der Waals surface area contributed by atoms with Crippen LogP contribution in [0.15, 0.2) is 0 Å². The minimum absolute atomic E-state index is 0. The maximum Gasteiger partial charge on any atom is 1.00 e. The van der Waals surface area contributed by atoms with Gasteiger partial charge in [0.05, 0.1) is 6.61 Å². The summed E-state index contributed by atoms with van der Waals surface area (Å²) < 4.78 is 35.3. The van der Waals surface area contributed by atoms with Crippen LogP contribution in [-0.4, -0.2) is 36.6 Å². The van der Waals surface area contributed by atoms with Crippen molar-refractivity contribution in [2.24, 2.45) is 0 Å². The van der Waals surface area contributed by atoms with Crippen LogP contribution in [0.1, 0.15) is 84.0 Å². The number of unbranched alkanes of at least 4 members (excludes halogenated alkanes) is 10. The molecule has 0 bridgehead atoms. The molecule has 1 unspecified atom stereocenters. The average molecular weight is 391 g/mol. The molecule has 6 nitrogen and oxygen atoms in total. The smallest absolute Gasteiger partial charge is 0.726 e. The van der Waals surface area contributed by atoms with Crippen LogP contribution in [-0.2, 0) is 19.4 Å². The van der Waals surface area contributed by atoms with Crippen LogP contribution in [0.4, 0.5) is 0 Å². The number of rotatable bonds is 16. The molecule has 0 saturated heterocycles. The predicted molar refractivity (Wildman–Crippen MR) is 87.7 cm³/mol. The van der Waals surface area contributed by atoms with Gasteiger partial charge in [0.25, 0.3) is 0 Å². The number of carbonyl (C=O) groups excluding carboxylic acids is 1. The topological polar surface area (TPSA) is 104 Å². The van der Waals surface area contributed by atoms with Gasteiger partial charge in [0.2, 0.25) is 10.4 Å². The third-order valence-electron chi connectivity index (χ3n) is 3.79. The molecule has 0 aromatic rings. The summed E-state index contributed by atoms with van der Waals surface area (Å²) in [5.74, 6) is -0.539. The van der Waals surface area contributed by atoms with Crippen LogP contribution in [0.2, 0.25) is 0 Å². The van der Waals surface area contributed by atoms with Crippen molar-refractivity contribution in [3.63, 3.8) is 0 Å². The first-order valence-electron chi connectivity index (χ1n) is 8.68. The van der Waals surface area contributed by atoms with Crippen molar-refractivity contribution < 1.29 is 78.4 Å². The van der Waals surface area contributed by atoms with E-state index in [1.165, 1.54) is 44.9 Å². The maximum absolute atomic E-state index is 11.6. The Morgan fingerprint density at radius 3 is 1.75 bits per heavy atom. The van der Waals surface area contributed by atoms with E-state index in [0.29, 0.717) is 6.42 Å². The van der Waals surface area contributed by atoms with Crippen molar-refractivity contribution in [1.29, 1.82) is 0 Å². The number of aliphatic hydroxyl groups excluding tert-OH is 1. The molecule has 0 aliphatic carbocycles. The summed E-state index contributed by atoms with van der Waals surface area (Å²) in [5, 5.41) is 8.89. The molecule has 0 heterocycles. The molecule has 1 N–H and O–H groups in total. The summed E-state index contributed by atoms with van der Waals surface area (Å²) >= 11 is 0. The Morgan fingerprint density at radius 2 is 1.38 bits per heavy atom. The van der Waals surface area contributed by atoms with E-state index in [-0.39, 0.29) is 57.8 Å². The van der Waals surface area contributed by atoms with E-state index in [0.717, 1.165) is 19.3 Å². The van der Waals surface area contributed by atoms with Gasteiger partial charge < -0.3 is 9.66 Å². The standard InChI is InChI=1S/C16H32O6S.K/c1-2-3-4-5-6-7-8-9-10-11-12-13-15(18)16(14-17)22-23(19,20)21;/h16-17H,2-14H2,1H3,(H,19,20,21);/q;+1/p-1. The molecule has 0 aromatic heterocycles. The van der Waals surface area contributed by atoms with E-state index in [1.54, 1.807) is 0 Å². The van der Waals surface area contributed by atoms with E-state index in [1.807, 2.05) is 0 Å². The molecule has 138 valence electrons. The van der Waals surface area contributed by atoms with Crippen molar-refractivity contribution in [3.8, 4) is 0 Å². The number of aliphatic hydroxyl groups is 1. The summed E-state index contributed by atoms with van der Waals surface area (Å²) in [6, 6.07) is 0. The van der Waals surface area contributed by atoms with Crippen LogP contribution < -0.4 is 51.4 Å². The largest absolute Gasteiger partial charge is 1.00 e. The fourth-order valence-electron chi connectivity index (χ4n) is 2.45. The summed E-state index contributed by atoms with van der Waals surface area (Å²) in [7, 11) is -4.97. The first-order valence-corrected chi connectivity index (χ1v) is 10.0. The van der Waals surface area contributed by atoms with Crippen molar-refractivity contribution in [3.05, 3.63) is 0 Å². The summed E-state index contributed by atoms with van der Waals surface area (Å²) in [4.78, 5) is 11.6. The zero-order valence-corrected chi connectivity index (χ0v) is 19.1. The van der Waals surface area contributed by atoms with E-state index >= 15 is 0 Å². The molecule has 0 radical (unpaired) electrons. The number of hydrogen-bond donors (Lipinski definition) is 1. The molecule has 0 rings (SSSR count). The van der Waals surface area contributed by atoms with Gasteiger partial charge in [-0.2, -0.15) is 0 Å². The number of hydrogen-bond acceptors (Lipinski definition) is 6. The third-order valence-corrected chi connectivity index (χ3v) is 4.25. The molecule has 0 fully saturated rings. The summed E-state index contributed by atoms with van der Waals surface area (Å²) in [5.41, 5.74) is 0. The van der Waals surface area contributed by atoms with Crippen molar-refractivity contribution in [1.82, 2.24) is 0 Å². The van der Waals surface area contributed by atoms with Gasteiger partial charge in [-0.1, -0.05) is 71.1 Å². The second kappa shape index (κ2) is 17.5. The zero-order valence-electron chi connectivity index (χ0n) is 15.2. The molecular formula is C16H31KO6S. The SMILES string of the molecule is CCCCCCCCCCCCCC(=O)C(CO)OS(=O)(=O)[O-].[K+].